The minimum Gasteiger partial charge on any atom is -0.465 e. The molecule has 10 nitrogen and oxygen atoms in total. The molecule has 30 heavy (non-hydrogen) atoms. The number of anilines is 1. The van der Waals surface area contributed by atoms with E-state index in [4.69, 9.17) is 37.4 Å². The molecule has 0 saturated heterocycles. The third kappa shape index (κ3) is 5.96. The Hall–Kier alpha value is -2.59. The van der Waals surface area contributed by atoms with Gasteiger partial charge in [-0.1, -0.05) is 23.2 Å². The molecule has 164 valence electrons. The number of ether oxygens (including phenoxy) is 3. The Bertz CT molecular complexity index is 863. The highest BCUT2D eigenvalue weighted by Gasteiger charge is 2.48. The smallest absolute Gasteiger partial charge is 0.303 e. The lowest BCUT2D eigenvalue weighted by molar-refractivity contribution is -0.384. The van der Waals surface area contributed by atoms with E-state index in [1.54, 1.807) is 0 Å². The van der Waals surface area contributed by atoms with Gasteiger partial charge in [-0.05, 0) is 12.5 Å². The topological polar surface area (TPSA) is 134 Å². The number of carbonyl (C=O) groups is 3. The Balaban J connectivity index is 2.39. The summed E-state index contributed by atoms with van der Waals surface area (Å²) in [6.07, 6.45) is -1.69. The highest BCUT2D eigenvalue weighted by molar-refractivity contribution is 6.42. The Labute approximate surface area is 181 Å². The lowest BCUT2D eigenvalue weighted by Crippen LogP contribution is -2.41. The van der Waals surface area contributed by atoms with Gasteiger partial charge in [0.1, 0.15) is 11.8 Å². The number of rotatable bonds is 7. The lowest BCUT2D eigenvalue weighted by atomic mass is 10.1. The van der Waals surface area contributed by atoms with E-state index in [2.05, 4.69) is 5.32 Å². The van der Waals surface area contributed by atoms with Gasteiger partial charge in [0.25, 0.3) is 5.69 Å². The van der Waals surface area contributed by atoms with Crippen LogP contribution in [0.5, 0.6) is 0 Å². The van der Waals surface area contributed by atoms with Crippen LogP contribution in [0.3, 0.4) is 0 Å². The van der Waals surface area contributed by atoms with Crippen LogP contribution in [0.25, 0.3) is 0 Å². The van der Waals surface area contributed by atoms with Crippen LogP contribution in [0, 0.1) is 16.0 Å². The molecule has 1 aliphatic rings. The van der Waals surface area contributed by atoms with Crippen LogP contribution < -0.4 is 5.32 Å². The van der Waals surface area contributed by atoms with Crippen molar-refractivity contribution in [3.63, 3.8) is 0 Å². The Kier molecular flexibility index (Phi) is 7.85. The van der Waals surface area contributed by atoms with Gasteiger partial charge in [0.05, 0.1) is 27.6 Å². The number of halogens is 2. The fourth-order valence-corrected chi connectivity index (χ4v) is 3.64. The zero-order valence-electron chi connectivity index (χ0n) is 16.3. The van der Waals surface area contributed by atoms with Crippen LogP contribution in [-0.2, 0) is 28.6 Å². The number of hydrogen-bond acceptors (Lipinski definition) is 9. The van der Waals surface area contributed by atoms with Crippen LogP contribution in [0.4, 0.5) is 11.4 Å². The third-order valence-electron chi connectivity index (χ3n) is 4.42. The number of esters is 3. The Morgan fingerprint density at radius 2 is 1.63 bits per heavy atom. The largest absolute Gasteiger partial charge is 0.465 e. The summed E-state index contributed by atoms with van der Waals surface area (Å²) in [5, 5.41) is 14.4. The first-order valence-electron chi connectivity index (χ1n) is 8.87. The predicted molar refractivity (Wildman–Crippen MR) is 106 cm³/mol. The number of nitrogens with one attached hydrogen (secondary N) is 1. The normalized spacial score (nSPS) is 22.8. The van der Waals surface area contributed by atoms with E-state index in [1.165, 1.54) is 26.8 Å². The number of carbonyl (C=O) groups excluding carboxylic acids is 3. The number of hydrogen-bond donors (Lipinski definition) is 1. The summed E-state index contributed by atoms with van der Waals surface area (Å²) in [7, 11) is 0. The molecule has 0 aliphatic heterocycles. The molecular formula is C18H20Cl2N2O8. The molecule has 1 fully saturated rings. The summed E-state index contributed by atoms with van der Waals surface area (Å²) in [4.78, 5) is 45.2. The second-order valence-electron chi connectivity index (χ2n) is 6.74. The summed E-state index contributed by atoms with van der Waals surface area (Å²) in [6, 6.07) is 1.68. The van der Waals surface area contributed by atoms with E-state index in [9.17, 15) is 24.5 Å². The van der Waals surface area contributed by atoms with Gasteiger partial charge in [0.2, 0.25) is 0 Å². The lowest BCUT2D eigenvalue weighted by Gasteiger charge is -2.26. The molecule has 4 atom stereocenters. The minimum atomic E-state index is -0.985. The van der Waals surface area contributed by atoms with Crippen LogP contribution in [-0.4, -0.2) is 47.7 Å². The van der Waals surface area contributed by atoms with Crippen molar-refractivity contribution in [2.75, 3.05) is 11.9 Å². The molecule has 0 spiro atoms. The van der Waals surface area contributed by atoms with Crippen molar-refractivity contribution >= 4 is 52.5 Å². The quantitative estimate of drug-likeness (QED) is 0.280. The average Bonchev–Trinajstić information content (AvgIpc) is 2.91. The SMILES string of the molecule is CC(=O)OC[C@@H]1C[C@H](Nc2cc(Cl)c(Cl)cc2[N+](=O)[O-])[C@@H](OC(C)=O)C1OC(C)=O. The predicted octanol–water partition coefficient (Wildman–Crippen LogP) is 3.13. The maximum absolute atomic E-state index is 11.7. The van der Waals surface area contributed by atoms with Crippen molar-refractivity contribution in [1.82, 2.24) is 0 Å². The van der Waals surface area contributed by atoms with Gasteiger partial charge < -0.3 is 19.5 Å². The molecule has 0 heterocycles. The standard InChI is InChI=1S/C18H20Cl2N2O8/c1-8(23)28-7-11-4-15(18(30-10(3)25)17(11)29-9(2)24)21-14-5-12(19)13(20)6-16(14)22(26)27/h5-6,11,15,17-18,21H,4,7H2,1-3H3/t11-,15-,17?,18+/m0/s1. The van der Waals surface area contributed by atoms with E-state index in [0.717, 1.165) is 6.07 Å². The highest BCUT2D eigenvalue weighted by atomic mass is 35.5. The zero-order chi connectivity index (χ0) is 22.6. The summed E-state index contributed by atoms with van der Waals surface area (Å²) in [5.74, 6) is -2.30. The first-order chi connectivity index (χ1) is 14.0. The molecule has 12 heteroatoms. The van der Waals surface area contributed by atoms with Crippen molar-refractivity contribution in [3.05, 3.63) is 32.3 Å². The van der Waals surface area contributed by atoms with Crippen LogP contribution >= 0.6 is 23.2 Å². The summed E-state index contributed by atoms with van der Waals surface area (Å²) >= 11 is 11.9. The molecule has 0 aromatic heterocycles. The van der Waals surface area contributed by atoms with Gasteiger partial charge >= 0.3 is 17.9 Å². The van der Waals surface area contributed by atoms with Crippen molar-refractivity contribution < 1.29 is 33.5 Å². The maximum atomic E-state index is 11.7. The molecule has 0 amide bonds. The van der Waals surface area contributed by atoms with Crippen LogP contribution in [0.1, 0.15) is 27.2 Å². The molecule has 1 aromatic carbocycles. The molecule has 1 unspecified atom stereocenters. The molecule has 1 aromatic rings. The third-order valence-corrected chi connectivity index (χ3v) is 5.14. The summed E-state index contributed by atoms with van der Waals surface area (Å²) in [5.41, 5.74) is -0.287. The number of nitro groups is 1. The van der Waals surface area contributed by atoms with E-state index < -0.39 is 47.0 Å². The van der Waals surface area contributed by atoms with Crippen LogP contribution in [0.15, 0.2) is 12.1 Å². The highest BCUT2D eigenvalue weighted by Crippen LogP contribution is 2.38. The number of nitro benzene ring substituents is 1. The summed E-state index contributed by atoms with van der Waals surface area (Å²) < 4.78 is 15.7. The number of nitrogens with zero attached hydrogens (tertiary/aromatic N) is 1. The van der Waals surface area contributed by atoms with Gasteiger partial charge in [-0.15, -0.1) is 0 Å². The first-order valence-corrected chi connectivity index (χ1v) is 9.63. The van der Waals surface area contributed by atoms with Gasteiger partial charge in [-0.2, -0.15) is 0 Å². The molecule has 1 aliphatic carbocycles. The van der Waals surface area contributed by atoms with E-state index >= 15 is 0 Å². The van der Waals surface area contributed by atoms with Gasteiger partial charge in [-0.25, -0.2) is 0 Å². The van der Waals surface area contributed by atoms with Crippen molar-refractivity contribution in [2.45, 2.75) is 45.4 Å². The van der Waals surface area contributed by atoms with E-state index in [-0.39, 0.29) is 34.4 Å². The van der Waals surface area contributed by atoms with Crippen molar-refractivity contribution in [1.29, 1.82) is 0 Å². The van der Waals surface area contributed by atoms with Gasteiger partial charge in [-0.3, -0.25) is 24.5 Å². The molecule has 1 saturated carbocycles. The molecule has 1 N–H and O–H groups in total. The van der Waals surface area contributed by atoms with E-state index in [1.807, 2.05) is 0 Å². The zero-order valence-corrected chi connectivity index (χ0v) is 17.9. The number of benzene rings is 1. The fourth-order valence-electron chi connectivity index (χ4n) is 3.32. The van der Waals surface area contributed by atoms with Gasteiger partial charge in [0.15, 0.2) is 6.10 Å². The molecule has 2 rings (SSSR count). The van der Waals surface area contributed by atoms with E-state index in [0.29, 0.717) is 0 Å². The second-order valence-corrected chi connectivity index (χ2v) is 7.55. The molecule has 0 radical (unpaired) electrons. The monoisotopic (exact) mass is 462 g/mol. The van der Waals surface area contributed by atoms with Crippen molar-refractivity contribution in [2.24, 2.45) is 5.92 Å². The first kappa shape index (κ1) is 23.7. The second kappa shape index (κ2) is 9.94. The molecular weight excluding hydrogens is 443 g/mol. The summed E-state index contributed by atoms with van der Waals surface area (Å²) in [6.45, 7) is 3.52. The fraction of sp³-hybridized carbons (Fsp3) is 0.500. The van der Waals surface area contributed by atoms with Gasteiger partial charge in [0, 0.05) is 32.8 Å². The van der Waals surface area contributed by atoms with Crippen molar-refractivity contribution in [3.8, 4) is 0 Å². The Morgan fingerprint density at radius 1 is 1.07 bits per heavy atom. The Morgan fingerprint density at radius 3 is 2.17 bits per heavy atom. The minimum absolute atomic E-state index is 0.00222. The molecule has 0 bridgehead atoms. The maximum Gasteiger partial charge on any atom is 0.303 e. The van der Waals surface area contributed by atoms with Crippen LogP contribution in [0.2, 0.25) is 10.0 Å². The average molecular weight is 463 g/mol.